The zero-order valence-corrected chi connectivity index (χ0v) is 11.2. The van der Waals surface area contributed by atoms with Gasteiger partial charge < -0.3 is 9.64 Å². The summed E-state index contributed by atoms with van der Waals surface area (Å²) in [6.07, 6.45) is 0. The normalized spacial score (nSPS) is 10.2. The number of hydrogen-bond acceptors (Lipinski definition) is 4. The quantitative estimate of drug-likeness (QED) is 0.695. The van der Waals surface area contributed by atoms with Gasteiger partial charge >= 0.3 is 0 Å². The fourth-order valence-electron chi connectivity index (χ4n) is 1.19. The number of ether oxygens (including phenoxy) is 1. The highest BCUT2D eigenvalue weighted by molar-refractivity contribution is 7.99. The first-order valence-corrected chi connectivity index (χ1v) is 6.73. The first-order chi connectivity index (χ1) is 8.22. The minimum Gasteiger partial charge on any atom is -0.493 e. The number of benzene rings is 1. The van der Waals surface area contributed by atoms with Crippen LogP contribution in [-0.2, 0) is 0 Å². The molecule has 1 aromatic carbocycles. The van der Waals surface area contributed by atoms with Crippen molar-refractivity contribution in [3.05, 3.63) is 29.8 Å². The highest BCUT2D eigenvalue weighted by Gasteiger charge is 1.95. The van der Waals surface area contributed by atoms with Crippen molar-refractivity contribution in [2.24, 2.45) is 0 Å². The van der Waals surface area contributed by atoms with E-state index in [4.69, 9.17) is 10.00 Å². The zero-order valence-electron chi connectivity index (χ0n) is 10.3. The molecular formula is C13H18N2OS. The van der Waals surface area contributed by atoms with Gasteiger partial charge in [0.1, 0.15) is 5.75 Å². The molecule has 0 heterocycles. The van der Waals surface area contributed by atoms with Crippen LogP contribution in [0.2, 0.25) is 0 Å². The summed E-state index contributed by atoms with van der Waals surface area (Å²) in [6, 6.07) is 9.30. The van der Waals surface area contributed by atoms with Gasteiger partial charge in [-0.2, -0.15) is 17.0 Å². The van der Waals surface area contributed by atoms with E-state index in [1.54, 1.807) is 12.1 Å². The van der Waals surface area contributed by atoms with Gasteiger partial charge in [-0.3, -0.25) is 0 Å². The highest BCUT2D eigenvalue weighted by Crippen LogP contribution is 2.12. The van der Waals surface area contributed by atoms with Crippen molar-refractivity contribution >= 4 is 11.8 Å². The van der Waals surface area contributed by atoms with E-state index in [9.17, 15) is 0 Å². The highest BCUT2D eigenvalue weighted by atomic mass is 32.2. The summed E-state index contributed by atoms with van der Waals surface area (Å²) in [7, 11) is 4.15. The summed E-state index contributed by atoms with van der Waals surface area (Å²) in [6.45, 7) is 1.81. The summed E-state index contributed by atoms with van der Waals surface area (Å²) in [5.41, 5.74) is 0.665. The molecule has 0 spiro atoms. The maximum absolute atomic E-state index is 8.65. The molecule has 0 atom stereocenters. The van der Waals surface area contributed by atoms with Crippen molar-refractivity contribution in [1.82, 2.24) is 4.90 Å². The van der Waals surface area contributed by atoms with E-state index >= 15 is 0 Å². The van der Waals surface area contributed by atoms with Crippen LogP contribution in [0.4, 0.5) is 0 Å². The predicted molar refractivity (Wildman–Crippen MR) is 72.5 cm³/mol. The predicted octanol–water partition coefficient (Wildman–Crippen LogP) is 2.23. The molecule has 0 saturated heterocycles. The van der Waals surface area contributed by atoms with Gasteiger partial charge in [-0.05, 0) is 38.4 Å². The van der Waals surface area contributed by atoms with Crippen molar-refractivity contribution < 1.29 is 4.74 Å². The van der Waals surface area contributed by atoms with Crippen LogP contribution in [0.15, 0.2) is 24.3 Å². The minimum absolute atomic E-state index is 0.665. The Morgan fingerprint density at radius 2 is 1.94 bits per heavy atom. The molecule has 0 bridgehead atoms. The van der Waals surface area contributed by atoms with Crippen LogP contribution in [0.3, 0.4) is 0 Å². The van der Waals surface area contributed by atoms with Crippen molar-refractivity contribution in [2.45, 2.75) is 0 Å². The molecule has 0 aliphatic heterocycles. The van der Waals surface area contributed by atoms with Gasteiger partial charge in [-0.1, -0.05) is 0 Å². The number of nitrogens with zero attached hydrogens (tertiary/aromatic N) is 2. The van der Waals surface area contributed by atoms with Crippen LogP contribution < -0.4 is 4.74 Å². The van der Waals surface area contributed by atoms with E-state index in [0.29, 0.717) is 12.2 Å². The Morgan fingerprint density at radius 1 is 1.24 bits per heavy atom. The van der Waals surface area contributed by atoms with Gasteiger partial charge in [0.25, 0.3) is 0 Å². The SMILES string of the molecule is CN(C)CCSCCOc1ccc(C#N)cc1. The number of nitriles is 1. The van der Waals surface area contributed by atoms with Crippen LogP contribution >= 0.6 is 11.8 Å². The lowest BCUT2D eigenvalue weighted by molar-refractivity contribution is 0.344. The second kappa shape index (κ2) is 7.99. The number of thioether (sulfide) groups is 1. The molecule has 0 radical (unpaired) electrons. The van der Waals surface area contributed by atoms with Crippen molar-refractivity contribution in [3.63, 3.8) is 0 Å². The molecule has 0 amide bonds. The molecule has 0 aromatic heterocycles. The van der Waals surface area contributed by atoms with Crippen LogP contribution in [0.25, 0.3) is 0 Å². The van der Waals surface area contributed by atoms with E-state index in [1.165, 1.54) is 0 Å². The standard InChI is InChI=1S/C13H18N2OS/c1-15(2)7-9-17-10-8-16-13-5-3-12(11-14)4-6-13/h3-6H,7-10H2,1-2H3. The molecule has 0 aliphatic carbocycles. The maximum Gasteiger partial charge on any atom is 0.119 e. The average molecular weight is 250 g/mol. The summed E-state index contributed by atoms with van der Waals surface area (Å²) in [5.74, 6) is 2.95. The Labute approximate surface area is 107 Å². The fourth-order valence-corrected chi connectivity index (χ4v) is 2.09. The van der Waals surface area contributed by atoms with E-state index < -0.39 is 0 Å². The van der Waals surface area contributed by atoms with Gasteiger partial charge in [0.15, 0.2) is 0 Å². The van der Waals surface area contributed by atoms with Crippen molar-refractivity contribution in [2.75, 3.05) is 38.8 Å². The Kier molecular flexibility index (Phi) is 6.53. The molecule has 1 aromatic rings. The maximum atomic E-state index is 8.65. The van der Waals surface area contributed by atoms with Crippen molar-refractivity contribution in [3.8, 4) is 11.8 Å². The Hall–Kier alpha value is -1.18. The summed E-state index contributed by atoms with van der Waals surface area (Å²) in [4.78, 5) is 2.18. The molecule has 3 nitrogen and oxygen atoms in total. The third-order valence-electron chi connectivity index (χ3n) is 2.16. The monoisotopic (exact) mass is 250 g/mol. The topological polar surface area (TPSA) is 36.3 Å². The van der Waals surface area contributed by atoms with Gasteiger partial charge in [0, 0.05) is 18.1 Å². The first kappa shape index (κ1) is 13.9. The lowest BCUT2D eigenvalue weighted by atomic mass is 10.2. The third-order valence-corrected chi connectivity index (χ3v) is 3.09. The summed E-state index contributed by atoms with van der Waals surface area (Å²) < 4.78 is 5.57. The van der Waals surface area contributed by atoms with Gasteiger partial charge in [0.2, 0.25) is 0 Å². The number of hydrogen-bond donors (Lipinski definition) is 0. The lowest BCUT2D eigenvalue weighted by Crippen LogP contribution is -2.15. The molecule has 4 heteroatoms. The summed E-state index contributed by atoms with van der Waals surface area (Å²) >= 11 is 1.89. The van der Waals surface area contributed by atoms with Crippen LogP contribution in [0, 0.1) is 11.3 Å². The van der Waals surface area contributed by atoms with E-state index in [-0.39, 0.29) is 0 Å². The van der Waals surface area contributed by atoms with E-state index in [2.05, 4.69) is 25.1 Å². The zero-order chi connectivity index (χ0) is 12.5. The van der Waals surface area contributed by atoms with E-state index in [0.717, 1.165) is 23.8 Å². The Balaban J connectivity index is 2.12. The second-order valence-corrected chi connectivity index (χ2v) is 5.13. The van der Waals surface area contributed by atoms with Gasteiger partial charge in [0.05, 0.1) is 18.2 Å². The molecule has 1 rings (SSSR count). The van der Waals surface area contributed by atoms with Gasteiger partial charge in [-0.25, -0.2) is 0 Å². The lowest BCUT2D eigenvalue weighted by Gasteiger charge is -2.09. The average Bonchev–Trinajstić information content (AvgIpc) is 2.34. The van der Waals surface area contributed by atoms with Crippen LogP contribution in [0.1, 0.15) is 5.56 Å². The van der Waals surface area contributed by atoms with Crippen molar-refractivity contribution in [1.29, 1.82) is 5.26 Å². The smallest absolute Gasteiger partial charge is 0.119 e. The second-order valence-electron chi connectivity index (χ2n) is 3.90. The van der Waals surface area contributed by atoms with Crippen LogP contribution in [0.5, 0.6) is 5.75 Å². The van der Waals surface area contributed by atoms with Crippen LogP contribution in [-0.4, -0.2) is 43.7 Å². The third kappa shape index (κ3) is 6.20. The fraction of sp³-hybridized carbons (Fsp3) is 0.462. The molecule has 0 saturated carbocycles. The molecule has 17 heavy (non-hydrogen) atoms. The first-order valence-electron chi connectivity index (χ1n) is 5.58. The Bertz CT molecular complexity index is 357. The minimum atomic E-state index is 0.665. The number of rotatable bonds is 7. The Morgan fingerprint density at radius 3 is 2.53 bits per heavy atom. The molecule has 0 fully saturated rings. The van der Waals surface area contributed by atoms with Gasteiger partial charge in [-0.15, -0.1) is 0 Å². The largest absolute Gasteiger partial charge is 0.493 e. The molecule has 0 aliphatic rings. The molecule has 0 N–H and O–H groups in total. The summed E-state index contributed by atoms with van der Waals surface area (Å²) in [5, 5.41) is 8.65. The molecule has 0 unspecified atom stereocenters. The molecule has 92 valence electrons. The van der Waals surface area contributed by atoms with E-state index in [1.807, 2.05) is 23.9 Å². The molecular weight excluding hydrogens is 232 g/mol.